The lowest BCUT2D eigenvalue weighted by atomic mass is 9.78. The van der Waals surface area contributed by atoms with Gasteiger partial charge in [0.15, 0.2) is 0 Å². The van der Waals surface area contributed by atoms with E-state index in [4.69, 9.17) is 15.8 Å². The van der Waals surface area contributed by atoms with Gasteiger partial charge in [0.2, 0.25) is 0 Å². The van der Waals surface area contributed by atoms with Crippen LogP contribution in [0.4, 0.5) is 0 Å². The molecule has 0 fully saturated rings. The normalized spacial score (nSPS) is 13.3. The molecule has 4 N–H and O–H groups in total. The Bertz CT molecular complexity index is 73.6. The Morgan fingerprint density at radius 3 is 2.44 bits per heavy atom. The first-order valence-corrected chi connectivity index (χ1v) is 3.98. The van der Waals surface area contributed by atoms with Crippen LogP contribution in [0.2, 0.25) is 0 Å². The van der Waals surface area contributed by atoms with Crippen molar-refractivity contribution < 1.29 is 10.0 Å². The van der Waals surface area contributed by atoms with Gasteiger partial charge in [-0.3, -0.25) is 0 Å². The molecule has 0 rings (SSSR count). The predicted octanol–water partition coefficient (Wildman–Crippen LogP) is -0.499. The Morgan fingerprint density at radius 2 is 2.11 bits per heavy atom. The maximum absolute atomic E-state index is 8.46. The Kier molecular flexibility index (Phi) is 5.48. The van der Waals surface area contributed by atoms with Crippen LogP contribution in [-0.2, 0) is 0 Å². The molecule has 1 atom stereocenters. The summed E-state index contributed by atoms with van der Waals surface area (Å²) in [5, 5.41) is 17.8. The summed E-state index contributed by atoms with van der Waals surface area (Å²) in [7, 11) is -1.37. The van der Waals surface area contributed by atoms with Crippen LogP contribution < -0.4 is 5.73 Å². The maximum Gasteiger partial charge on any atom is 0.469 e. The van der Waals surface area contributed by atoms with Crippen molar-refractivity contribution in [1.82, 2.24) is 0 Å². The third-order valence-electron chi connectivity index (χ3n) is 1.05. The highest BCUT2D eigenvalue weighted by molar-refractivity contribution is 9.09. The van der Waals surface area contributed by atoms with Crippen LogP contribution in [-0.4, -0.2) is 28.4 Å². The summed E-state index contributed by atoms with van der Waals surface area (Å²) in [5.74, 6) is -0.498. The van der Waals surface area contributed by atoms with Crippen molar-refractivity contribution in [3.8, 4) is 0 Å². The molecule has 0 spiro atoms. The summed E-state index contributed by atoms with van der Waals surface area (Å²) in [6.45, 7) is 0. The number of rotatable bonds is 4. The molecule has 54 valence electrons. The largest absolute Gasteiger partial charge is 0.469 e. The summed E-state index contributed by atoms with van der Waals surface area (Å²) in [4.78, 5) is 0. The minimum absolute atomic E-state index is 0.498. The van der Waals surface area contributed by atoms with Crippen LogP contribution >= 0.6 is 15.9 Å². The quantitative estimate of drug-likeness (QED) is 0.419. The molecule has 0 saturated heterocycles. The summed E-state index contributed by atoms with van der Waals surface area (Å²) in [5.41, 5.74) is 5.28. The van der Waals surface area contributed by atoms with E-state index in [0.29, 0.717) is 6.42 Å². The lowest BCUT2D eigenvalue weighted by Crippen LogP contribution is -2.38. The van der Waals surface area contributed by atoms with Gasteiger partial charge in [-0.1, -0.05) is 15.9 Å². The summed E-state index contributed by atoms with van der Waals surface area (Å²) < 4.78 is 0. The number of hydrogen-bond acceptors (Lipinski definition) is 3. The summed E-state index contributed by atoms with van der Waals surface area (Å²) in [6, 6.07) is 0. The van der Waals surface area contributed by atoms with Gasteiger partial charge in [0, 0.05) is 11.3 Å². The minimum Gasteiger partial charge on any atom is -0.426 e. The van der Waals surface area contributed by atoms with E-state index >= 15 is 0 Å². The fourth-order valence-corrected chi connectivity index (χ4v) is 0.786. The minimum atomic E-state index is -1.37. The molecule has 0 aromatic carbocycles. The van der Waals surface area contributed by atoms with E-state index < -0.39 is 13.1 Å². The Hall–Kier alpha value is 0.425. The van der Waals surface area contributed by atoms with Gasteiger partial charge in [0.25, 0.3) is 0 Å². The Labute approximate surface area is 63.5 Å². The van der Waals surface area contributed by atoms with Crippen molar-refractivity contribution in [2.75, 3.05) is 5.33 Å². The first kappa shape index (κ1) is 9.42. The van der Waals surface area contributed by atoms with E-state index in [2.05, 4.69) is 15.9 Å². The first-order valence-electron chi connectivity index (χ1n) is 2.86. The highest BCUT2D eigenvalue weighted by Crippen LogP contribution is 1.97. The van der Waals surface area contributed by atoms with Crippen LogP contribution in [0.3, 0.4) is 0 Å². The van der Waals surface area contributed by atoms with Crippen LogP contribution in [0.25, 0.3) is 0 Å². The van der Waals surface area contributed by atoms with E-state index in [0.717, 1.165) is 11.8 Å². The fraction of sp³-hybridized carbons (Fsp3) is 1.00. The van der Waals surface area contributed by atoms with Gasteiger partial charge in [-0.2, -0.15) is 0 Å². The van der Waals surface area contributed by atoms with Crippen LogP contribution in [0.15, 0.2) is 0 Å². The van der Waals surface area contributed by atoms with E-state index in [1.165, 1.54) is 0 Å². The molecule has 5 heteroatoms. The summed E-state index contributed by atoms with van der Waals surface area (Å²) >= 11 is 3.21. The molecule has 0 bridgehead atoms. The van der Waals surface area contributed by atoms with E-state index in [1.54, 1.807) is 0 Å². The third-order valence-corrected chi connectivity index (χ3v) is 1.61. The molecule has 0 amide bonds. The Balaban J connectivity index is 3.16. The molecule has 0 aliphatic carbocycles. The predicted molar refractivity (Wildman–Crippen MR) is 41.2 cm³/mol. The van der Waals surface area contributed by atoms with E-state index in [1.807, 2.05) is 0 Å². The highest BCUT2D eigenvalue weighted by Gasteiger charge is 2.16. The SMILES string of the molecule is NC(CCCBr)B(O)O. The van der Waals surface area contributed by atoms with Gasteiger partial charge in [-0.05, 0) is 12.8 Å². The van der Waals surface area contributed by atoms with Crippen molar-refractivity contribution in [2.24, 2.45) is 5.73 Å². The van der Waals surface area contributed by atoms with Crippen molar-refractivity contribution >= 4 is 23.0 Å². The summed E-state index contributed by atoms with van der Waals surface area (Å²) in [6.07, 6.45) is 1.52. The molecule has 0 radical (unpaired) electrons. The van der Waals surface area contributed by atoms with E-state index in [9.17, 15) is 0 Å². The molecule has 9 heavy (non-hydrogen) atoms. The molecule has 0 aliphatic rings. The van der Waals surface area contributed by atoms with Gasteiger partial charge in [-0.25, -0.2) is 0 Å². The molecule has 3 nitrogen and oxygen atoms in total. The zero-order chi connectivity index (χ0) is 7.28. The second-order valence-corrected chi connectivity index (χ2v) is 2.70. The number of halogens is 1. The smallest absolute Gasteiger partial charge is 0.426 e. The highest BCUT2D eigenvalue weighted by atomic mass is 79.9. The molecule has 0 aliphatic heterocycles. The van der Waals surface area contributed by atoms with Crippen LogP contribution in [0, 0.1) is 0 Å². The molecule has 0 saturated carbocycles. The number of nitrogens with two attached hydrogens (primary N) is 1. The Morgan fingerprint density at radius 1 is 1.56 bits per heavy atom. The van der Waals surface area contributed by atoms with Gasteiger partial charge >= 0.3 is 7.12 Å². The van der Waals surface area contributed by atoms with Crippen molar-refractivity contribution in [1.29, 1.82) is 0 Å². The molecular formula is C4H11BBrNO2. The van der Waals surface area contributed by atoms with Crippen LogP contribution in [0.1, 0.15) is 12.8 Å². The maximum atomic E-state index is 8.46. The third kappa shape index (κ3) is 4.90. The van der Waals surface area contributed by atoms with Gasteiger partial charge in [0.1, 0.15) is 0 Å². The second-order valence-electron chi connectivity index (χ2n) is 1.91. The second kappa shape index (κ2) is 5.23. The zero-order valence-corrected chi connectivity index (χ0v) is 6.71. The van der Waals surface area contributed by atoms with Crippen molar-refractivity contribution in [3.63, 3.8) is 0 Å². The number of alkyl halides is 1. The zero-order valence-electron chi connectivity index (χ0n) is 5.13. The van der Waals surface area contributed by atoms with E-state index in [-0.39, 0.29) is 0 Å². The van der Waals surface area contributed by atoms with Gasteiger partial charge in [-0.15, -0.1) is 0 Å². The average molecular weight is 196 g/mol. The van der Waals surface area contributed by atoms with Gasteiger partial charge in [0.05, 0.1) is 0 Å². The monoisotopic (exact) mass is 195 g/mol. The van der Waals surface area contributed by atoms with Crippen LogP contribution in [0.5, 0.6) is 0 Å². The standard InChI is InChI=1S/C4H11BBrNO2/c6-3-1-2-4(7)5(8)9/h4,8-9H,1-3,7H2. The molecule has 1 unspecified atom stereocenters. The van der Waals surface area contributed by atoms with Crippen molar-refractivity contribution in [2.45, 2.75) is 18.8 Å². The number of hydrogen-bond donors (Lipinski definition) is 3. The molecule has 0 aromatic heterocycles. The molecule has 0 heterocycles. The lowest BCUT2D eigenvalue weighted by molar-refractivity contribution is 0.382. The van der Waals surface area contributed by atoms with Crippen molar-refractivity contribution in [3.05, 3.63) is 0 Å². The fourth-order valence-electron chi connectivity index (χ4n) is 0.462. The topological polar surface area (TPSA) is 66.5 Å². The first-order chi connectivity index (χ1) is 4.18. The molecular weight excluding hydrogens is 185 g/mol. The lowest BCUT2D eigenvalue weighted by Gasteiger charge is -2.06. The average Bonchev–Trinajstić information content (AvgIpc) is 1.82. The molecule has 0 aromatic rings. The van der Waals surface area contributed by atoms with Gasteiger partial charge < -0.3 is 15.8 Å².